The van der Waals surface area contributed by atoms with Gasteiger partial charge in [0.05, 0.1) is 0 Å². The van der Waals surface area contributed by atoms with Crippen molar-refractivity contribution in [2.45, 2.75) is 84.7 Å². The zero-order valence-corrected chi connectivity index (χ0v) is 15.6. The van der Waals surface area contributed by atoms with E-state index in [2.05, 4.69) is 45.8 Å². The number of guanidine groups is 1. The van der Waals surface area contributed by atoms with Crippen LogP contribution in [0.2, 0.25) is 0 Å². The van der Waals surface area contributed by atoms with Crippen LogP contribution in [0.4, 0.5) is 0 Å². The summed E-state index contributed by atoms with van der Waals surface area (Å²) in [6, 6.07) is 0.372. The Morgan fingerprint density at radius 2 is 2.04 bits per heavy atom. The van der Waals surface area contributed by atoms with Gasteiger partial charge in [-0.1, -0.05) is 33.1 Å². The third-order valence-electron chi connectivity index (χ3n) is 4.62. The van der Waals surface area contributed by atoms with Crippen LogP contribution in [0, 0.1) is 5.92 Å². The molecule has 1 aliphatic heterocycles. The molecule has 1 atom stereocenters. The molecule has 1 unspecified atom stereocenters. The van der Waals surface area contributed by atoms with Gasteiger partial charge in [-0.15, -0.1) is 10.2 Å². The number of aryl methyl sites for hydroxylation is 1. The predicted octanol–water partition coefficient (Wildman–Crippen LogP) is 2.67. The molecule has 6 nitrogen and oxygen atoms in total. The summed E-state index contributed by atoms with van der Waals surface area (Å²) in [6.45, 7) is 8.40. The quantitative estimate of drug-likeness (QED) is 0.566. The van der Waals surface area contributed by atoms with Crippen molar-refractivity contribution in [2.24, 2.45) is 16.6 Å². The van der Waals surface area contributed by atoms with Crippen molar-refractivity contribution in [1.29, 1.82) is 0 Å². The lowest BCUT2D eigenvalue weighted by Crippen LogP contribution is -2.38. The Bertz CT molecular complexity index is 520. The molecule has 6 heteroatoms. The van der Waals surface area contributed by atoms with Crippen LogP contribution in [0.5, 0.6) is 0 Å². The first-order chi connectivity index (χ1) is 11.6. The first-order valence-corrected chi connectivity index (χ1v) is 9.53. The number of nitrogens with zero attached hydrogens (tertiary/aromatic N) is 4. The number of fused-ring (bicyclic) bond motifs is 1. The van der Waals surface area contributed by atoms with Crippen molar-refractivity contribution in [1.82, 2.24) is 20.1 Å². The van der Waals surface area contributed by atoms with Crippen LogP contribution in [0.15, 0.2) is 4.99 Å². The monoisotopic (exact) mass is 334 g/mol. The summed E-state index contributed by atoms with van der Waals surface area (Å²) in [4.78, 5) is 4.46. The van der Waals surface area contributed by atoms with Crippen LogP contribution in [0.3, 0.4) is 0 Å². The molecule has 3 N–H and O–H groups in total. The highest BCUT2D eigenvalue weighted by molar-refractivity contribution is 5.78. The summed E-state index contributed by atoms with van der Waals surface area (Å²) in [7, 11) is 0. The molecule has 2 heterocycles. The highest BCUT2D eigenvalue weighted by Crippen LogP contribution is 2.14. The van der Waals surface area contributed by atoms with E-state index in [4.69, 9.17) is 5.73 Å². The summed E-state index contributed by atoms with van der Waals surface area (Å²) in [5.74, 6) is 3.49. The van der Waals surface area contributed by atoms with E-state index < -0.39 is 0 Å². The first-order valence-electron chi connectivity index (χ1n) is 9.53. The minimum atomic E-state index is 0.372. The van der Waals surface area contributed by atoms with E-state index in [0.29, 0.717) is 18.5 Å². The van der Waals surface area contributed by atoms with Crippen LogP contribution < -0.4 is 11.1 Å². The summed E-state index contributed by atoms with van der Waals surface area (Å²) in [5.41, 5.74) is 6.00. The van der Waals surface area contributed by atoms with Crippen molar-refractivity contribution in [3.05, 3.63) is 11.6 Å². The van der Waals surface area contributed by atoms with Gasteiger partial charge in [-0.3, -0.25) is 4.99 Å². The minimum absolute atomic E-state index is 0.372. The number of rotatable bonds is 8. The molecule has 1 aromatic heterocycles. The van der Waals surface area contributed by atoms with Crippen LogP contribution in [-0.4, -0.2) is 33.3 Å². The van der Waals surface area contributed by atoms with Crippen LogP contribution in [0.25, 0.3) is 0 Å². The molecule has 0 aliphatic carbocycles. The number of aliphatic imine (C=N–C) groups is 1. The molecule has 0 aromatic carbocycles. The third kappa shape index (κ3) is 6.13. The maximum atomic E-state index is 6.00. The molecule has 0 spiro atoms. The number of hydrogen-bond acceptors (Lipinski definition) is 3. The fraction of sp³-hybridized carbons (Fsp3) is 0.833. The fourth-order valence-corrected chi connectivity index (χ4v) is 3.21. The van der Waals surface area contributed by atoms with Gasteiger partial charge in [0.15, 0.2) is 5.96 Å². The highest BCUT2D eigenvalue weighted by Gasteiger charge is 2.14. The minimum Gasteiger partial charge on any atom is -0.370 e. The Kier molecular flexibility index (Phi) is 7.53. The van der Waals surface area contributed by atoms with E-state index in [1.54, 1.807) is 0 Å². The zero-order chi connectivity index (χ0) is 17.4. The van der Waals surface area contributed by atoms with Gasteiger partial charge in [0.1, 0.15) is 11.6 Å². The Hall–Kier alpha value is -1.59. The van der Waals surface area contributed by atoms with Crippen LogP contribution in [0.1, 0.15) is 70.9 Å². The fourth-order valence-electron chi connectivity index (χ4n) is 3.21. The molecule has 0 amide bonds. The van der Waals surface area contributed by atoms with Crippen LogP contribution in [-0.2, 0) is 19.4 Å². The lowest BCUT2D eigenvalue weighted by atomic mass is 10.0. The second-order valence-electron chi connectivity index (χ2n) is 7.38. The Morgan fingerprint density at radius 3 is 2.83 bits per heavy atom. The van der Waals surface area contributed by atoms with Crippen molar-refractivity contribution < 1.29 is 0 Å². The topological polar surface area (TPSA) is 81.1 Å². The van der Waals surface area contributed by atoms with Crippen molar-refractivity contribution >= 4 is 5.96 Å². The smallest absolute Gasteiger partial charge is 0.188 e. The van der Waals surface area contributed by atoms with E-state index in [9.17, 15) is 0 Å². The standard InChI is InChI=1S/C18H34N6/c1-14(2)8-7-9-15(3)21-18(19)20-12-11-17-23-22-16-10-5-4-6-13-24(16)17/h14-15H,4-13H2,1-3H3,(H3,19,20,21). The molecule has 0 radical (unpaired) electrons. The first kappa shape index (κ1) is 18.7. The van der Waals surface area contributed by atoms with Gasteiger partial charge in [-0.2, -0.15) is 0 Å². The van der Waals surface area contributed by atoms with E-state index in [1.165, 1.54) is 32.1 Å². The molecule has 0 saturated heterocycles. The van der Waals surface area contributed by atoms with Gasteiger partial charge < -0.3 is 15.6 Å². The molecule has 2 rings (SSSR count). The maximum Gasteiger partial charge on any atom is 0.188 e. The van der Waals surface area contributed by atoms with Crippen LogP contribution >= 0.6 is 0 Å². The van der Waals surface area contributed by atoms with E-state index in [0.717, 1.165) is 43.4 Å². The third-order valence-corrected chi connectivity index (χ3v) is 4.62. The van der Waals surface area contributed by atoms with E-state index in [-0.39, 0.29) is 0 Å². The Morgan fingerprint density at radius 1 is 1.21 bits per heavy atom. The lowest BCUT2D eigenvalue weighted by molar-refractivity contribution is 0.493. The predicted molar refractivity (Wildman–Crippen MR) is 99.1 cm³/mol. The number of aromatic nitrogens is 3. The zero-order valence-electron chi connectivity index (χ0n) is 15.6. The summed E-state index contributed by atoms with van der Waals surface area (Å²) >= 11 is 0. The molecule has 0 saturated carbocycles. The summed E-state index contributed by atoms with van der Waals surface area (Å²) in [6.07, 6.45) is 9.20. The van der Waals surface area contributed by atoms with E-state index >= 15 is 0 Å². The average Bonchev–Trinajstić information content (AvgIpc) is 2.75. The van der Waals surface area contributed by atoms with Gasteiger partial charge in [0.2, 0.25) is 0 Å². The molecule has 1 aromatic rings. The Labute approximate surface area is 146 Å². The molecule has 0 fully saturated rings. The second-order valence-corrected chi connectivity index (χ2v) is 7.38. The van der Waals surface area contributed by atoms with Gasteiger partial charge in [-0.05, 0) is 32.1 Å². The molecular formula is C18H34N6. The van der Waals surface area contributed by atoms with Gasteiger partial charge in [0.25, 0.3) is 0 Å². The highest BCUT2D eigenvalue weighted by atomic mass is 15.3. The second kappa shape index (κ2) is 9.64. The molecule has 24 heavy (non-hydrogen) atoms. The Balaban J connectivity index is 1.74. The maximum absolute atomic E-state index is 6.00. The lowest BCUT2D eigenvalue weighted by Gasteiger charge is -2.15. The van der Waals surface area contributed by atoms with Gasteiger partial charge in [0, 0.05) is 32.0 Å². The SMILES string of the molecule is CC(C)CCCC(C)NC(N)=NCCc1nnc2n1CCCCC2. The number of nitrogens with two attached hydrogens (primary N) is 1. The van der Waals surface area contributed by atoms with E-state index in [1.807, 2.05) is 0 Å². The van der Waals surface area contributed by atoms with Gasteiger partial charge >= 0.3 is 0 Å². The molecule has 0 bridgehead atoms. The summed E-state index contributed by atoms with van der Waals surface area (Å²) in [5, 5.41) is 12.0. The van der Waals surface area contributed by atoms with Crippen molar-refractivity contribution in [3.8, 4) is 0 Å². The average molecular weight is 335 g/mol. The van der Waals surface area contributed by atoms with Gasteiger partial charge in [-0.25, -0.2) is 0 Å². The number of nitrogens with one attached hydrogen (secondary N) is 1. The molecule has 1 aliphatic rings. The molecular weight excluding hydrogens is 300 g/mol. The number of hydrogen-bond donors (Lipinski definition) is 2. The van der Waals surface area contributed by atoms with Crippen molar-refractivity contribution in [3.63, 3.8) is 0 Å². The normalized spacial score (nSPS) is 16.8. The summed E-state index contributed by atoms with van der Waals surface area (Å²) < 4.78 is 2.28. The molecule has 136 valence electrons. The van der Waals surface area contributed by atoms with Crippen molar-refractivity contribution in [2.75, 3.05) is 6.54 Å². The largest absolute Gasteiger partial charge is 0.370 e.